The molecule has 3 aromatic rings. The van der Waals surface area contributed by atoms with E-state index in [0.717, 1.165) is 33.9 Å². The summed E-state index contributed by atoms with van der Waals surface area (Å²) in [4.78, 5) is 19.6. The average molecular weight is 337 g/mol. The van der Waals surface area contributed by atoms with Crippen molar-refractivity contribution < 1.29 is 9.53 Å². The molecule has 0 bridgehead atoms. The van der Waals surface area contributed by atoms with Crippen LogP contribution in [0, 0.1) is 0 Å². The van der Waals surface area contributed by atoms with Gasteiger partial charge in [-0.25, -0.2) is 0 Å². The molecule has 3 rings (SSSR count). The monoisotopic (exact) mass is 337 g/mol. The fraction of sp³-hybridized carbons (Fsp3) is 0.300. The standard InChI is InChI=1S/C20H23N3O2/c1-14(2)25-11-5-10-21-20(24)9-8-15-12-17-16-6-3-4-7-18(16)23-19(17)13-22-15/h3-4,6-9,12-14,23H,5,10-11H2,1-2H3,(H,21,24)/b9-8+. The lowest BCUT2D eigenvalue weighted by atomic mass is 10.1. The number of amides is 1. The largest absolute Gasteiger partial charge is 0.379 e. The van der Waals surface area contributed by atoms with E-state index in [0.29, 0.717) is 13.2 Å². The van der Waals surface area contributed by atoms with Gasteiger partial charge in [-0.1, -0.05) is 18.2 Å². The maximum Gasteiger partial charge on any atom is 0.244 e. The highest BCUT2D eigenvalue weighted by Gasteiger charge is 2.04. The summed E-state index contributed by atoms with van der Waals surface area (Å²) in [6.07, 6.45) is 6.09. The fourth-order valence-corrected chi connectivity index (χ4v) is 2.68. The number of hydrogen-bond acceptors (Lipinski definition) is 3. The van der Waals surface area contributed by atoms with Gasteiger partial charge in [0.2, 0.25) is 5.91 Å². The summed E-state index contributed by atoms with van der Waals surface area (Å²) >= 11 is 0. The van der Waals surface area contributed by atoms with Gasteiger partial charge < -0.3 is 15.0 Å². The van der Waals surface area contributed by atoms with Crippen molar-refractivity contribution in [2.24, 2.45) is 0 Å². The highest BCUT2D eigenvalue weighted by molar-refractivity contribution is 6.07. The summed E-state index contributed by atoms with van der Waals surface area (Å²) in [6.45, 7) is 5.25. The number of para-hydroxylation sites is 1. The van der Waals surface area contributed by atoms with Crippen LogP contribution in [0.15, 0.2) is 42.6 Å². The second-order valence-corrected chi connectivity index (χ2v) is 6.22. The molecule has 5 heteroatoms. The maximum atomic E-state index is 11.9. The average Bonchev–Trinajstić information content (AvgIpc) is 2.97. The van der Waals surface area contributed by atoms with E-state index in [4.69, 9.17) is 4.74 Å². The minimum atomic E-state index is -0.120. The van der Waals surface area contributed by atoms with Crippen molar-refractivity contribution in [2.45, 2.75) is 26.4 Å². The Hall–Kier alpha value is -2.66. The summed E-state index contributed by atoms with van der Waals surface area (Å²) in [7, 11) is 0. The Labute approximate surface area is 147 Å². The number of ether oxygens (including phenoxy) is 1. The third-order valence-electron chi connectivity index (χ3n) is 3.89. The minimum absolute atomic E-state index is 0.120. The zero-order valence-corrected chi connectivity index (χ0v) is 14.6. The molecule has 25 heavy (non-hydrogen) atoms. The highest BCUT2D eigenvalue weighted by Crippen LogP contribution is 2.25. The number of carbonyl (C=O) groups is 1. The fourth-order valence-electron chi connectivity index (χ4n) is 2.68. The quantitative estimate of drug-likeness (QED) is 0.511. The van der Waals surface area contributed by atoms with Gasteiger partial charge in [0, 0.05) is 35.5 Å². The van der Waals surface area contributed by atoms with Gasteiger partial charge in [0.15, 0.2) is 0 Å². The molecule has 0 aliphatic rings. The molecule has 2 aromatic heterocycles. The van der Waals surface area contributed by atoms with Crippen LogP contribution < -0.4 is 5.32 Å². The first-order chi connectivity index (χ1) is 12.1. The molecule has 130 valence electrons. The third kappa shape index (κ3) is 4.45. The molecule has 0 fully saturated rings. The number of H-pyrrole nitrogens is 1. The van der Waals surface area contributed by atoms with Crippen molar-refractivity contribution in [1.82, 2.24) is 15.3 Å². The predicted octanol–water partition coefficient (Wildman–Crippen LogP) is 3.66. The van der Waals surface area contributed by atoms with Crippen molar-refractivity contribution in [1.29, 1.82) is 0 Å². The highest BCUT2D eigenvalue weighted by atomic mass is 16.5. The first-order valence-corrected chi connectivity index (χ1v) is 8.57. The number of benzene rings is 1. The lowest BCUT2D eigenvalue weighted by Crippen LogP contribution is -2.23. The molecule has 0 aliphatic carbocycles. The number of nitrogens with one attached hydrogen (secondary N) is 2. The molecule has 5 nitrogen and oxygen atoms in total. The number of hydrogen-bond donors (Lipinski definition) is 2. The second-order valence-electron chi connectivity index (χ2n) is 6.22. The molecule has 0 aliphatic heterocycles. The van der Waals surface area contributed by atoms with Crippen LogP contribution in [0.25, 0.3) is 27.9 Å². The van der Waals surface area contributed by atoms with E-state index in [1.54, 1.807) is 12.3 Å². The normalized spacial score (nSPS) is 11.8. The summed E-state index contributed by atoms with van der Waals surface area (Å²) in [5, 5.41) is 5.11. The number of carbonyl (C=O) groups excluding carboxylic acids is 1. The summed E-state index contributed by atoms with van der Waals surface area (Å²) in [5.74, 6) is -0.120. The molecule has 0 spiro atoms. The molecule has 2 heterocycles. The van der Waals surface area contributed by atoms with Gasteiger partial charge in [0.25, 0.3) is 0 Å². The molecule has 0 unspecified atom stereocenters. The van der Waals surface area contributed by atoms with Crippen LogP contribution >= 0.6 is 0 Å². The maximum absolute atomic E-state index is 11.9. The van der Waals surface area contributed by atoms with Gasteiger partial charge in [-0.3, -0.25) is 9.78 Å². The van der Waals surface area contributed by atoms with Crippen LogP contribution in [0.1, 0.15) is 26.0 Å². The molecule has 1 aromatic carbocycles. The molecule has 1 amide bonds. The van der Waals surface area contributed by atoms with Gasteiger partial charge in [0.1, 0.15) is 0 Å². The van der Waals surface area contributed by atoms with Gasteiger partial charge >= 0.3 is 0 Å². The van der Waals surface area contributed by atoms with Gasteiger partial charge in [0.05, 0.1) is 23.5 Å². The molecule has 2 N–H and O–H groups in total. The van der Waals surface area contributed by atoms with E-state index in [9.17, 15) is 4.79 Å². The van der Waals surface area contributed by atoms with Crippen LogP contribution in [-0.2, 0) is 9.53 Å². The Kier molecular flexibility index (Phi) is 5.46. The van der Waals surface area contributed by atoms with Gasteiger partial charge in [-0.05, 0) is 38.5 Å². The Morgan fingerprint density at radius 3 is 2.96 bits per heavy atom. The Balaban J connectivity index is 1.61. The van der Waals surface area contributed by atoms with Crippen LogP contribution in [0.5, 0.6) is 0 Å². The number of pyridine rings is 1. The van der Waals surface area contributed by atoms with Crippen molar-refractivity contribution in [3.63, 3.8) is 0 Å². The smallest absolute Gasteiger partial charge is 0.244 e. The van der Waals surface area contributed by atoms with Crippen LogP contribution in [0.3, 0.4) is 0 Å². The molecular weight excluding hydrogens is 314 g/mol. The van der Waals surface area contributed by atoms with E-state index in [2.05, 4.69) is 21.4 Å². The predicted molar refractivity (Wildman–Crippen MR) is 101 cm³/mol. The number of rotatable bonds is 7. The Morgan fingerprint density at radius 1 is 1.28 bits per heavy atom. The van der Waals surface area contributed by atoms with Crippen LogP contribution in [0.2, 0.25) is 0 Å². The zero-order chi connectivity index (χ0) is 17.6. The topological polar surface area (TPSA) is 67.0 Å². The number of aromatic nitrogens is 2. The first kappa shape index (κ1) is 17.2. The number of aromatic amines is 1. The number of nitrogens with zero attached hydrogens (tertiary/aromatic N) is 1. The van der Waals surface area contributed by atoms with Crippen molar-refractivity contribution in [3.8, 4) is 0 Å². The molecule has 0 saturated heterocycles. The first-order valence-electron chi connectivity index (χ1n) is 8.57. The molecule has 0 atom stereocenters. The van der Waals surface area contributed by atoms with Gasteiger partial charge in [-0.2, -0.15) is 0 Å². The summed E-state index contributed by atoms with van der Waals surface area (Å²) < 4.78 is 5.44. The minimum Gasteiger partial charge on any atom is -0.379 e. The Morgan fingerprint density at radius 2 is 2.12 bits per heavy atom. The summed E-state index contributed by atoms with van der Waals surface area (Å²) in [6, 6.07) is 10.1. The SMILES string of the molecule is CC(C)OCCCNC(=O)/C=C/c1cc2c(cn1)[nH]c1ccccc12. The third-order valence-corrected chi connectivity index (χ3v) is 3.89. The van der Waals surface area contributed by atoms with E-state index in [1.807, 2.05) is 38.1 Å². The van der Waals surface area contributed by atoms with Crippen molar-refractivity contribution >= 4 is 33.8 Å². The molecule has 0 saturated carbocycles. The van der Waals surface area contributed by atoms with E-state index < -0.39 is 0 Å². The lowest BCUT2D eigenvalue weighted by molar-refractivity contribution is -0.116. The summed E-state index contributed by atoms with van der Waals surface area (Å²) in [5.41, 5.74) is 2.84. The van der Waals surface area contributed by atoms with Crippen LogP contribution in [-0.4, -0.2) is 35.1 Å². The Bertz CT molecular complexity index is 896. The van der Waals surface area contributed by atoms with Crippen molar-refractivity contribution in [2.75, 3.05) is 13.2 Å². The van der Waals surface area contributed by atoms with Crippen LogP contribution in [0.4, 0.5) is 0 Å². The zero-order valence-electron chi connectivity index (χ0n) is 14.6. The second kappa shape index (κ2) is 7.94. The number of fused-ring (bicyclic) bond motifs is 3. The molecular formula is C20H23N3O2. The van der Waals surface area contributed by atoms with Gasteiger partial charge in [-0.15, -0.1) is 0 Å². The van der Waals surface area contributed by atoms with Crippen molar-refractivity contribution in [3.05, 3.63) is 48.3 Å². The van der Waals surface area contributed by atoms with E-state index >= 15 is 0 Å². The van der Waals surface area contributed by atoms with E-state index in [1.165, 1.54) is 6.08 Å². The lowest BCUT2D eigenvalue weighted by Gasteiger charge is -2.07. The van der Waals surface area contributed by atoms with E-state index in [-0.39, 0.29) is 12.0 Å². The molecule has 0 radical (unpaired) electrons.